The normalized spacial score (nSPS) is 29.4. The fourth-order valence-electron chi connectivity index (χ4n) is 3.69. The van der Waals surface area contributed by atoms with E-state index in [1.165, 1.54) is 4.90 Å². The molecule has 0 bridgehead atoms. The van der Waals surface area contributed by atoms with Crippen molar-refractivity contribution in [3.8, 4) is 0 Å². The fourth-order valence-corrected chi connectivity index (χ4v) is 3.69. The highest BCUT2D eigenvalue weighted by Crippen LogP contribution is 2.41. The number of rotatable bonds is 2. The van der Waals surface area contributed by atoms with Gasteiger partial charge in [-0.15, -0.1) is 0 Å². The molecule has 2 amide bonds. The zero-order chi connectivity index (χ0) is 16.1. The molecule has 5 heteroatoms. The molecule has 2 saturated heterocycles. The van der Waals surface area contributed by atoms with E-state index in [9.17, 15) is 9.59 Å². The fraction of sp³-hybridized carbons (Fsp3) is 0.333. The van der Waals surface area contributed by atoms with E-state index < -0.39 is 12.0 Å². The van der Waals surface area contributed by atoms with E-state index in [4.69, 9.17) is 4.84 Å². The van der Waals surface area contributed by atoms with Gasteiger partial charge in [-0.05, 0) is 30.6 Å². The highest BCUT2D eigenvalue weighted by Gasteiger charge is 2.59. The molecule has 2 fully saturated rings. The van der Waals surface area contributed by atoms with Gasteiger partial charge in [0.25, 0.3) is 5.91 Å². The molecule has 3 aliphatic rings. The second-order valence-electron chi connectivity index (χ2n) is 6.37. The minimum atomic E-state index is -0.707. The first-order valence-corrected chi connectivity index (χ1v) is 7.77. The van der Waals surface area contributed by atoms with Gasteiger partial charge in [-0.2, -0.15) is 0 Å². The third-order valence-corrected chi connectivity index (χ3v) is 4.67. The molecule has 23 heavy (non-hydrogen) atoms. The van der Waals surface area contributed by atoms with Crippen LogP contribution in [0.15, 0.2) is 53.8 Å². The molecule has 5 nitrogen and oxygen atoms in total. The highest BCUT2D eigenvalue weighted by atomic mass is 16.7. The highest BCUT2D eigenvalue weighted by molar-refractivity contribution is 6.07. The molecule has 1 aromatic rings. The molecule has 0 spiro atoms. The Labute approximate surface area is 134 Å². The maximum Gasteiger partial charge on any atom is 0.262 e. The first kappa shape index (κ1) is 14.2. The van der Waals surface area contributed by atoms with Crippen LogP contribution < -0.4 is 0 Å². The van der Waals surface area contributed by atoms with Crippen molar-refractivity contribution in [2.45, 2.75) is 32.5 Å². The standard InChI is InChI=1S/C18H18N2O3/c1-11-8-12(2)15-14-16(23-20(15)9-11)18(22)19(17(14)21)10-13-6-4-3-5-7-13/h3-9,14-16H,10H2,1-2H3/t14-,15-,16+/m1/s1. The number of amides is 2. The molecule has 118 valence electrons. The van der Waals surface area contributed by atoms with Crippen molar-refractivity contribution >= 4 is 11.8 Å². The Morgan fingerprint density at radius 2 is 1.83 bits per heavy atom. The predicted molar refractivity (Wildman–Crippen MR) is 83.5 cm³/mol. The quantitative estimate of drug-likeness (QED) is 0.784. The van der Waals surface area contributed by atoms with Crippen molar-refractivity contribution in [1.29, 1.82) is 0 Å². The third-order valence-electron chi connectivity index (χ3n) is 4.67. The molecule has 0 aliphatic carbocycles. The third kappa shape index (κ3) is 2.11. The van der Waals surface area contributed by atoms with Crippen LogP contribution in [0.1, 0.15) is 19.4 Å². The molecular weight excluding hydrogens is 292 g/mol. The van der Waals surface area contributed by atoms with Crippen molar-refractivity contribution in [2.24, 2.45) is 5.92 Å². The van der Waals surface area contributed by atoms with Crippen LogP contribution >= 0.6 is 0 Å². The van der Waals surface area contributed by atoms with Gasteiger partial charge in [-0.1, -0.05) is 36.4 Å². The Balaban J connectivity index is 1.62. The van der Waals surface area contributed by atoms with Crippen LogP contribution in [0.3, 0.4) is 0 Å². The Hall–Kier alpha value is -2.40. The second kappa shape index (κ2) is 5.06. The monoisotopic (exact) mass is 310 g/mol. The summed E-state index contributed by atoms with van der Waals surface area (Å²) in [4.78, 5) is 32.6. The summed E-state index contributed by atoms with van der Waals surface area (Å²) in [6.45, 7) is 4.26. The first-order chi connectivity index (χ1) is 11.1. The number of allylic oxidation sites excluding steroid dienone is 2. The van der Waals surface area contributed by atoms with Crippen LogP contribution in [-0.2, 0) is 21.0 Å². The average Bonchev–Trinajstić information content (AvgIpc) is 3.00. The number of carbonyl (C=O) groups excluding carboxylic acids is 2. The Kier molecular flexibility index (Phi) is 3.13. The lowest BCUT2D eigenvalue weighted by Crippen LogP contribution is -2.39. The number of carbonyl (C=O) groups is 2. The SMILES string of the molecule is CC1=CN2O[C@@H]3C(=O)N(Cc4ccccc4)C(=O)[C@@H]3[C@H]2C(C)=C1. The Morgan fingerprint density at radius 3 is 2.57 bits per heavy atom. The topological polar surface area (TPSA) is 49.9 Å². The molecular formula is C18H18N2O3. The van der Waals surface area contributed by atoms with E-state index in [2.05, 4.69) is 0 Å². The summed E-state index contributed by atoms with van der Waals surface area (Å²) in [6, 6.07) is 9.37. The predicted octanol–water partition coefficient (Wildman–Crippen LogP) is 2.02. The van der Waals surface area contributed by atoms with E-state index in [1.807, 2.05) is 56.5 Å². The van der Waals surface area contributed by atoms with Crippen molar-refractivity contribution in [2.75, 3.05) is 0 Å². The molecule has 0 N–H and O–H groups in total. The van der Waals surface area contributed by atoms with Crippen LogP contribution in [0.25, 0.3) is 0 Å². The summed E-state index contributed by atoms with van der Waals surface area (Å²) >= 11 is 0. The number of hydrogen-bond donors (Lipinski definition) is 0. The lowest BCUT2D eigenvalue weighted by Gasteiger charge is -2.29. The van der Waals surface area contributed by atoms with Crippen molar-refractivity contribution in [3.63, 3.8) is 0 Å². The summed E-state index contributed by atoms with van der Waals surface area (Å²) < 4.78 is 0. The second-order valence-corrected chi connectivity index (χ2v) is 6.37. The minimum absolute atomic E-state index is 0.142. The Bertz CT molecular complexity index is 738. The van der Waals surface area contributed by atoms with E-state index in [0.29, 0.717) is 6.54 Å². The number of imide groups is 1. The average molecular weight is 310 g/mol. The molecule has 4 rings (SSSR count). The van der Waals surface area contributed by atoms with Crippen molar-refractivity contribution in [1.82, 2.24) is 9.96 Å². The van der Waals surface area contributed by atoms with E-state index in [-0.39, 0.29) is 17.9 Å². The summed E-state index contributed by atoms with van der Waals surface area (Å²) in [5.41, 5.74) is 3.05. The summed E-state index contributed by atoms with van der Waals surface area (Å²) in [7, 11) is 0. The number of likely N-dealkylation sites (tertiary alicyclic amines) is 1. The van der Waals surface area contributed by atoms with E-state index in [0.717, 1.165) is 16.7 Å². The van der Waals surface area contributed by atoms with Crippen LogP contribution in [0.2, 0.25) is 0 Å². The number of fused-ring (bicyclic) bond motifs is 3. The minimum Gasteiger partial charge on any atom is -0.275 e. The number of hydroxylamine groups is 2. The van der Waals surface area contributed by atoms with Gasteiger partial charge in [-0.25, -0.2) is 0 Å². The van der Waals surface area contributed by atoms with Gasteiger partial charge in [0, 0.05) is 6.20 Å². The molecule has 3 aliphatic heterocycles. The number of nitrogens with zero attached hydrogens (tertiary/aromatic N) is 2. The summed E-state index contributed by atoms with van der Waals surface area (Å²) in [6.07, 6.45) is 3.20. The van der Waals surface area contributed by atoms with Crippen LogP contribution in [0, 0.1) is 5.92 Å². The largest absolute Gasteiger partial charge is 0.275 e. The maximum absolute atomic E-state index is 12.8. The van der Waals surface area contributed by atoms with Crippen molar-refractivity contribution in [3.05, 3.63) is 59.3 Å². The molecule has 0 radical (unpaired) electrons. The molecule has 3 heterocycles. The van der Waals surface area contributed by atoms with Crippen LogP contribution in [0.4, 0.5) is 0 Å². The summed E-state index contributed by atoms with van der Waals surface area (Å²) in [5, 5.41) is 1.68. The maximum atomic E-state index is 12.8. The van der Waals surface area contributed by atoms with Gasteiger partial charge < -0.3 is 0 Å². The van der Waals surface area contributed by atoms with Crippen molar-refractivity contribution < 1.29 is 14.4 Å². The summed E-state index contributed by atoms with van der Waals surface area (Å²) in [5.74, 6) is -0.832. The smallest absolute Gasteiger partial charge is 0.262 e. The molecule has 0 unspecified atom stereocenters. The lowest BCUT2D eigenvalue weighted by molar-refractivity contribution is -0.161. The molecule has 3 atom stereocenters. The van der Waals surface area contributed by atoms with Crippen LogP contribution in [-0.4, -0.2) is 33.9 Å². The zero-order valence-electron chi connectivity index (χ0n) is 13.1. The number of hydrogen-bond acceptors (Lipinski definition) is 4. The zero-order valence-corrected chi connectivity index (χ0v) is 13.1. The van der Waals surface area contributed by atoms with Gasteiger partial charge in [0.2, 0.25) is 5.91 Å². The first-order valence-electron chi connectivity index (χ1n) is 7.77. The van der Waals surface area contributed by atoms with Gasteiger partial charge >= 0.3 is 0 Å². The van der Waals surface area contributed by atoms with Crippen LogP contribution in [0.5, 0.6) is 0 Å². The van der Waals surface area contributed by atoms with Gasteiger partial charge in [0.1, 0.15) is 5.92 Å². The van der Waals surface area contributed by atoms with Gasteiger partial charge in [-0.3, -0.25) is 24.4 Å². The number of benzene rings is 1. The molecule has 0 saturated carbocycles. The molecule has 0 aromatic heterocycles. The lowest BCUT2D eigenvalue weighted by atomic mass is 9.89. The van der Waals surface area contributed by atoms with E-state index >= 15 is 0 Å². The Morgan fingerprint density at radius 1 is 1.09 bits per heavy atom. The molecule has 1 aromatic carbocycles. The van der Waals surface area contributed by atoms with Gasteiger partial charge in [0.15, 0.2) is 6.10 Å². The van der Waals surface area contributed by atoms with E-state index in [1.54, 1.807) is 5.06 Å². The van der Waals surface area contributed by atoms with Gasteiger partial charge in [0.05, 0.1) is 12.6 Å².